The van der Waals surface area contributed by atoms with Crippen LogP contribution >= 0.6 is 15.9 Å². The first kappa shape index (κ1) is 15.8. The van der Waals surface area contributed by atoms with E-state index in [9.17, 15) is 8.42 Å². The average molecular weight is 362 g/mol. The summed E-state index contributed by atoms with van der Waals surface area (Å²) in [5, 5.41) is 0. The number of hydrogen-bond acceptors (Lipinski definition) is 4. The first-order valence-electron chi connectivity index (χ1n) is 6.54. The van der Waals surface area contributed by atoms with Gasteiger partial charge in [-0.25, -0.2) is 8.42 Å². The van der Waals surface area contributed by atoms with Crippen LogP contribution in [-0.4, -0.2) is 45.2 Å². The third kappa shape index (κ3) is 3.52. The Morgan fingerprint density at radius 3 is 2.30 bits per heavy atom. The van der Waals surface area contributed by atoms with Gasteiger partial charge in [0.05, 0.1) is 11.9 Å². The summed E-state index contributed by atoms with van der Waals surface area (Å²) in [6, 6.07) is 6.10. The van der Waals surface area contributed by atoms with Crippen molar-refractivity contribution in [1.29, 1.82) is 0 Å². The smallest absolute Gasteiger partial charge is 0.211 e. The van der Waals surface area contributed by atoms with Gasteiger partial charge in [0.2, 0.25) is 10.0 Å². The maximum atomic E-state index is 11.5. The molecular formula is C13H20BrN3O2S. The molecule has 0 radical (unpaired) electrons. The van der Waals surface area contributed by atoms with E-state index in [1.54, 1.807) is 0 Å². The van der Waals surface area contributed by atoms with Crippen LogP contribution in [0, 0.1) is 0 Å². The number of benzene rings is 1. The number of anilines is 1. The van der Waals surface area contributed by atoms with Gasteiger partial charge in [-0.1, -0.05) is 6.07 Å². The summed E-state index contributed by atoms with van der Waals surface area (Å²) in [7, 11) is -3.08. The van der Waals surface area contributed by atoms with Crippen molar-refractivity contribution < 1.29 is 8.42 Å². The van der Waals surface area contributed by atoms with Crippen LogP contribution < -0.4 is 10.6 Å². The van der Waals surface area contributed by atoms with Crippen molar-refractivity contribution in [1.82, 2.24) is 4.31 Å². The van der Waals surface area contributed by atoms with Crippen molar-refractivity contribution in [3.63, 3.8) is 0 Å². The molecule has 0 saturated carbocycles. The van der Waals surface area contributed by atoms with Crippen molar-refractivity contribution in [3.8, 4) is 0 Å². The standard InChI is InChI=1S/C13H20BrN3O2S/c1-10(15)11-3-4-13(12(14)9-11)16-5-7-17(8-6-16)20(2,18)19/h3-4,9-10H,5-8,15H2,1-2H3/t10-/m0/s1. The molecule has 1 aromatic carbocycles. The molecule has 0 amide bonds. The summed E-state index contributed by atoms with van der Waals surface area (Å²) in [5.74, 6) is 0. The SMILES string of the molecule is C[C@H](N)c1ccc(N2CCN(S(C)(=O)=O)CC2)c(Br)c1. The van der Waals surface area contributed by atoms with Crippen LogP contribution in [-0.2, 0) is 10.0 Å². The lowest BCUT2D eigenvalue weighted by Crippen LogP contribution is -2.48. The second-order valence-electron chi connectivity index (χ2n) is 5.15. The van der Waals surface area contributed by atoms with E-state index in [0.717, 1.165) is 15.7 Å². The van der Waals surface area contributed by atoms with Crippen LogP contribution in [0.4, 0.5) is 5.69 Å². The molecule has 1 heterocycles. The van der Waals surface area contributed by atoms with E-state index in [-0.39, 0.29) is 6.04 Å². The van der Waals surface area contributed by atoms with Crippen LogP contribution in [0.5, 0.6) is 0 Å². The number of nitrogens with zero attached hydrogens (tertiary/aromatic N) is 2. The average Bonchev–Trinajstić information content (AvgIpc) is 2.37. The monoisotopic (exact) mass is 361 g/mol. The number of sulfonamides is 1. The predicted molar refractivity (Wildman–Crippen MR) is 85.4 cm³/mol. The zero-order valence-electron chi connectivity index (χ0n) is 11.7. The molecule has 1 aromatic rings. The third-order valence-corrected chi connectivity index (χ3v) is 5.48. The Kier molecular flexibility index (Phi) is 4.73. The number of halogens is 1. The molecule has 5 nitrogen and oxygen atoms in total. The molecule has 0 spiro atoms. The highest BCUT2D eigenvalue weighted by molar-refractivity contribution is 9.10. The zero-order chi connectivity index (χ0) is 14.9. The summed E-state index contributed by atoms with van der Waals surface area (Å²) in [5.41, 5.74) is 8.03. The van der Waals surface area contributed by atoms with Crippen LogP contribution in [0.25, 0.3) is 0 Å². The molecular weight excluding hydrogens is 342 g/mol. The van der Waals surface area contributed by atoms with E-state index in [1.807, 2.05) is 25.1 Å². The van der Waals surface area contributed by atoms with Crippen molar-refractivity contribution in [2.24, 2.45) is 5.73 Å². The molecule has 0 bridgehead atoms. The van der Waals surface area contributed by atoms with Gasteiger partial charge in [0.15, 0.2) is 0 Å². The number of piperazine rings is 1. The molecule has 112 valence electrons. The fourth-order valence-electron chi connectivity index (χ4n) is 2.32. The number of nitrogens with two attached hydrogens (primary N) is 1. The van der Waals surface area contributed by atoms with E-state index in [0.29, 0.717) is 26.2 Å². The first-order chi connectivity index (χ1) is 9.29. The second-order valence-corrected chi connectivity index (χ2v) is 7.99. The maximum absolute atomic E-state index is 11.5. The van der Waals surface area contributed by atoms with Gasteiger partial charge >= 0.3 is 0 Å². The Morgan fingerprint density at radius 1 is 1.25 bits per heavy atom. The van der Waals surface area contributed by atoms with Crippen LogP contribution in [0.15, 0.2) is 22.7 Å². The molecule has 0 aliphatic carbocycles. The van der Waals surface area contributed by atoms with E-state index in [2.05, 4.69) is 20.8 Å². The van der Waals surface area contributed by atoms with Crippen molar-refractivity contribution >= 4 is 31.6 Å². The van der Waals surface area contributed by atoms with Gasteiger partial charge in [-0.2, -0.15) is 4.31 Å². The summed E-state index contributed by atoms with van der Waals surface area (Å²) < 4.78 is 25.5. The lowest BCUT2D eigenvalue weighted by molar-refractivity contribution is 0.388. The highest BCUT2D eigenvalue weighted by atomic mass is 79.9. The molecule has 1 aliphatic heterocycles. The van der Waals surface area contributed by atoms with Crippen molar-refractivity contribution in [3.05, 3.63) is 28.2 Å². The van der Waals surface area contributed by atoms with Crippen LogP contribution in [0.3, 0.4) is 0 Å². The van der Waals surface area contributed by atoms with Gasteiger partial charge in [-0.3, -0.25) is 0 Å². The molecule has 1 fully saturated rings. The molecule has 0 aromatic heterocycles. The summed E-state index contributed by atoms with van der Waals surface area (Å²) in [4.78, 5) is 2.19. The van der Waals surface area contributed by atoms with Crippen LogP contribution in [0.1, 0.15) is 18.5 Å². The van der Waals surface area contributed by atoms with E-state index >= 15 is 0 Å². The lowest BCUT2D eigenvalue weighted by Gasteiger charge is -2.35. The Hall–Kier alpha value is -0.630. The first-order valence-corrected chi connectivity index (χ1v) is 9.18. The van der Waals surface area contributed by atoms with Crippen LogP contribution in [0.2, 0.25) is 0 Å². The lowest BCUT2D eigenvalue weighted by atomic mass is 10.1. The van der Waals surface area contributed by atoms with Gasteiger partial charge < -0.3 is 10.6 Å². The fourth-order valence-corrected chi connectivity index (χ4v) is 3.80. The van der Waals surface area contributed by atoms with E-state index in [1.165, 1.54) is 10.6 Å². The highest BCUT2D eigenvalue weighted by Gasteiger charge is 2.24. The van der Waals surface area contributed by atoms with Crippen molar-refractivity contribution in [2.45, 2.75) is 13.0 Å². The van der Waals surface area contributed by atoms with Gasteiger partial charge in [-0.05, 0) is 40.5 Å². The van der Waals surface area contributed by atoms with Gasteiger partial charge in [0.1, 0.15) is 0 Å². The summed E-state index contributed by atoms with van der Waals surface area (Å²) in [6.07, 6.45) is 1.26. The Bertz CT molecular complexity index is 581. The fraction of sp³-hybridized carbons (Fsp3) is 0.538. The Balaban J connectivity index is 2.11. The van der Waals surface area contributed by atoms with Gasteiger partial charge in [0.25, 0.3) is 0 Å². The minimum absolute atomic E-state index is 0.00225. The maximum Gasteiger partial charge on any atom is 0.211 e. The molecule has 1 aliphatic rings. The molecule has 1 saturated heterocycles. The number of rotatable bonds is 3. The van der Waals surface area contributed by atoms with Crippen molar-refractivity contribution in [2.75, 3.05) is 37.3 Å². The second kappa shape index (κ2) is 6.01. The zero-order valence-corrected chi connectivity index (χ0v) is 14.1. The highest BCUT2D eigenvalue weighted by Crippen LogP contribution is 2.29. The molecule has 2 rings (SSSR count). The molecule has 1 atom stereocenters. The Labute approximate surface area is 128 Å². The minimum Gasteiger partial charge on any atom is -0.368 e. The van der Waals surface area contributed by atoms with E-state index < -0.39 is 10.0 Å². The quantitative estimate of drug-likeness (QED) is 0.886. The third-order valence-electron chi connectivity index (χ3n) is 3.55. The molecule has 0 unspecified atom stereocenters. The largest absolute Gasteiger partial charge is 0.368 e. The topological polar surface area (TPSA) is 66.6 Å². The number of hydrogen-bond donors (Lipinski definition) is 1. The van der Waals surface area contributed by atoms with Gasteiger partial charge in [0, 0.05) is 36.7 Å². The van der Waals surface area contributed by atoms with Gasteiger partial charge in [-0.15, -0.1) is 0 Å². The Morgan fingerprint density at radius 2 is 1.85 bits per heavy atom. The molecule has 2 N–H and O–H groups in total. The summed E-state index contributed by atoms with van der Waals surface area (Å²) in [6.45, 7) is 4.40. The summed E-state index contributed by atoms with van der Waals surface area (Å²) >= 11 is 3.58. The molecule has 7 heteroatoms. The predicted octanol–water partition coefficient (Wildman–Crippen LogP) is 1.55. The normalized spacial score (nSPS) is 19.1. The molecule has 20 heavy (non-hydrogen) atoms. The minimum atomic E-state index is -3.08. The van der Waals surface area contributed by atoms with E-state index in [4.69, 9.17) is 5.73 Å².